The molecule has 0 aromatic carbocycles. The summed E-state index contributed by atoms with van der Waals surface area (Å²) in [5, 5.41) is 0. The van der Waals surface area contributed by atoms with E-state index in [-0.39, 0.29) is 0 Å². The highest BCUT2D eigenvalue weighted by molar-refractivity contribution is 5.22. The highest BCUT2D eigenvalue weighted by atomic mass is 16.5. The summed E-state index contributed by atoms with van der Waals surface area (Å²) in [6.07, 6.45) is 18.6. The maximum atomic E-state index is 5.57. The van der Waals surface area contributed by atoms with Crippen LogP contribution in [0.3, 0.4) is 0 Å². The maximum absolute atomic E-state index is 5.57. The second-order valence-electron chi connectivity index (χ2n) is 3.33. The number of allylic oxidation sites excluding steroid dienone is 9. The molecule has 0 saturated heterocycles. The minimum absolute atomic E-state index is 0.525. The van der Waals surface area contributed by atoms with Crippen LogP contribution in [0.4, 0.5) is 0 Å². The van der Waals surface area contributed by atoms with Crippen molar-refractivity contribution in [3.05, 3.63) is 104 Å². The molecule has 0 spiro atoms. The Hall–Kier alpha value is -2.50. The van der Waals surface area contributed by atoms with Crippen molar-refractivity contribution in [2.75, 3.05) is 0 Å². The fourth-order valence-electron chi connectivity index (χ4n) is 1.00. The largest absolute Gasteiger partial charge is 0.449 e. The normalized spacial score (nSPS) is 10.8. The lowest BCUT2D eigenvalue weighted by Gasteiger charge is -2.03. The highest BCUT2D eigenvalue weighted by Crippen LogP contribution is 2.08. The second-order valence-corrected chi connectivity index (χ2v) is 3.33. The fourth-order valence-corrected chi connectivity index (χ4v) is 1.00. The van der Waals surface area contributed by atoms with E-state index in [2.05, 4.69) is 32.0 Å². The molecule has 0 aliphatic carbocycles. The zero-order valence-corrected chi connectivity index (χ0v) is 11.2. The van der Waals surface area contributed by atoms with E-state index in [1.54, 1.807) is 36.5 Å². The van der Waals surface area contributed by atoms with Gasteiger partial charge in [-0.3, -0.25) is 0 Å². The molecule has 0 aromatic rings. The first-order valence-corrected chi connectivity index (χ1v) is 5.93. The predicted molar refractivity (Wildman–Crippen MR) is 84.4 cm³/mol. The van der Waals surface area contributed by atoms with Gasteiger partial charge in [0.2, 0.25) is 0 Å². The van der Waals surface area contributed by atoms with Crippen LogP contribution in [-0.2, 0) is 4.74 Å². The van der Waals surface area contributed by atoms with Crippen LogP contribution in [-0.4, -0.2) is 0 Å². The lowest BCUT2D eigenvalue weighted by Crippen LogP contribution is -1.86. The van der Waals surface area contributed by atoms with Gasteiger partial charge in [0, 0.05) is 0 Å². The van der Waals surface area contributed by atoms with Crippen molar-refractivity contribution in [3.8, 4) is 0 Å². The second kappa shape index (κ2) is 12.0. The van der Waals surface area contributed by atoms with Crippen LogP contribution in [0, 0.1) is 0 Å². The van der Waals surface area contributed by atoms with Crippen molar-refractivity contribution < 1.29 is 4.74 Å². The molecule has 0 rings (SSSR count). The van der Waals surface area contributed by atoms with Crippen molar-refractivity contribution >= 4 is 0 Å². The molecule has 0 atom stereocenters. The zero-order valence-electron chi connectivity index (χ0n) is 11.2. The van der Waals surface area contributed by atoms with Crippen LogP contribution in [0.15, 0.2) is 104 Å². The Morgan fingerprint density at radius 3 is 2.37 bits per heavy atom. The van der Waals surface area contributed by atoms with Gasteiger partial charge < -0.3 is 4.74 Å². The summed E-state index contributed by atoms with van der Waals surface area (Å²) in [4.78, 5) is 0. The Morgan fingerprint density at radius 1 is 1.00 bits per heavy atom. The van der Waals surface area contributed by atoms with Crippen LogP contribution in [0.25, 0.3) is 0 Å². The molecule has 0 fully saturated rings. The molecule has 0 bridgehead atoms. The van der Waals surface area contributed by atoms with E-state index >= 15 is 0 Å². The van der Waals surface area contributed by atoms with Gasteiger partial charge in [-0.1, -0.05) is 61.9 Å². The lowest BCUT2D eigenvalue weighted by molar-refractivity contribution is 0.338. The van der Waals surface area contributed by atoms with Crippen LogP contribution < -0.4 is 0 Å². The van der Waals surface area contributed by atoms with E-state index in [4.69, 9.17) is 4.74 Å². The summed E-state index contributed by atoms with van der Waals surface area (Å²) in [6.45, 7) is 14.6. The third-order valence-corrected chi connectivity index (χ3v) is 1.88. The molecule has 0 aliphatic rings. The van der Waals surface area contributed by atoms with E-state index in [9.17, 15) is 0 Å². The van der Waals surface area contributed by atoms with Gasteiger partial charge in [-0.05, 0) is 30.7 Å². The number of hydrogen-bond donors (Lipinski definition) is 0. The SMILES string of the molecule is C=C/C=C\C=C=C(C=C)O/C(C=C)=C/C=C/CC=C. The molecule has 1 heteroatoms. The number of rotatable bonds is 9. The van der Waals surface area contributed by atoms with Gasteiger partial charge in [-0.15, -0.1) is 6.58 Å². The summed E-state index contributed by atoms with van der Waals surface area (Å²) >= 11 is 0. The molecule has 0 amide bonds. The van der Waals surface area contributed by atoms with Crippen molar-refractivity contribution in [1.82, 2.24) is 0 Å². The highest BCUT2D eigenvalue weighted by Gasteiger charge is 1.93. The zero-order chi connectivity index (χ0) is 14.3. The van der Waals surface area contributed by atoms with Crippen LogP contribution in [0.1, 0.15) is 6.42 Å². The van der Waals surface area contributed by atoms with E-state index < -0.39 is 0 Å². The van der Waals surface area contributed by atoms with Crippen molar-refractivity contribution in [2.24, 2.45) is 0 Å². The van der Waals surface area contributed by atoms with Crippen molar-refractivity contribution in [1.29, 1.82) is 0 Å². The van der Waals surface area contributed by atoms with Gasteiger partial charge in [0.25, 0.3) is 0 Å². The van der Waals surface area contributed by atoms with Gasteiger partial charge in [-0.25, -0.2) is 0 Å². The third kappa shape index (κ3) is 9.22. The molecule has 0 heterocycles. The molecule has 0 aromatic heterocycles. The van der Waals surface area contributed by atoms with Crippen molar-refractivity contribution in [3.63, 3.8) is 0 Å². The van der Waals surface area contributed by atoms with Gasteiger partial charge in [0.05, 0.1) is 0 Å². The average Bonchev–Trinajstić information content (AvgIpc) is 2.44. The Balaban J connectivity index is 4.82. The molecule has 19 heavy (non-hydrogen) atoms. The molecule has 0 unspecified atom stereocenters. The maximum Gasteiger partial charge on any atom is 0.169 e. The lowest BCUT2D eigenvalue weighted by atomic mass is 10.3. The van der Waals surface area contributed by atoms with Gasteiger partial charge in [-0.2, -0.15) is 0 Å². The molecule has 98 valence electrons. The third-order valence-electron chi connectivity index (χ3n) is 1.88. The molecule has 0 saturated carbocycles. The minimum atomic E-state index is 0.525. The Labute approximate surface area is 116 Å². The van der Waals surface area contributed by atoms with Crippen LogP contribution >= 0.6 is 0 Å². The first-order chi connectivity index (χ1) is 9.28. The van der Waals surface area contributed by atoms with E-state index in [1.165, 1.54) is 0 Å². The monoisotopic (exact) mass is 252 g/mol. The quantitative estimate of drug-likeness (QED) is 0.238. The summed E-state index contributed by atoms with van der Waals surface area (Å²) in [5.74, 6) is 1.15. The molecule has 0 N–H and O–H groups in total. The van der Waals surface area contributed by atoms with E-state index in [1.807, 2.05) is 24.3 Å². The molecule has 0 aliphatic heterocycles. The summed E-state index contributed by atoms with van der Waals surface area (Å²) in [7, 11) is 0. The fraction of sp³-hybridized carbons (Fsp3) is 0.0556. The van der Waals surface area contributed by atoms with Gasteiger partial charge in [0.15, 0.2) is 5.76 Å². The predicted octanol–water partition coefficient (Wildman–Crippen LogP) is 5.17. The Morgan fingerprint density at radius 2 is 1.79 bits per heavy atom. The summed E-state index contributed by atoms with van der Waals surface area (Å²) < 4.78 is 5.57. The molecular weight excluding hydrogens is 232 g/mol. The number of ether oxygens (including phenoxy) is 1. The van der Waals surface area contributed by atoms with Crippen LogP contribution in [0.5, 0.6) is 0 Å². The standard InChI is InChI=1S/C18H20O/c1-5-9-11-13-15-17(7-3)19-18(8-4)16-14-12-10-6-2/h5-9,11-14,16H,1-4,10H2/b11-9-,14-12+,18-16+. The first kappa shape index (κ1) is 16.5. The van der Waals surface area contributed by atoms with Gasteiger partial charge in [0.1, 0.15) is 5.76 Å². The topological polar surface area (TPSA) is 9.23 Å². The molecule has 0 radical (unpaired) electrons. The van der Waals surface area contributed by atoms with Gasteiger partial charge >= 0.3 is 0 Å². The minimum Gasteiger partial charge on any atom is -0.449 e. The van der Waals surface area contributed by atoms with E-state index in [0.29, 0.717) is 11.5 Å². The van der Waals surface area contributed by atoms with Crippen molar-refractivity contribution in [2.45, 2.75) is 6.42 Å². The average molecular weight is 252 g/mol. The smallest absolute Gasteiger partial charge is 0.169 e. The molecular formula is C18H20O. The first-order valence-electron chi connectivity index (χ1n) is 5.93. The summed E-state index contributed by atoms with van der Waals surface area (Å²) in [5.41, 5.74) is 2.96. The number of hydrogen-bond acceptors (Lipinski definition) is 1. The Kier molecular flexibility index (Phi) is 10.4. The van der Waals surface area contributed by atoms with Crippen LogP contribution in [0.2, 0.25) is 0 Å². The van der Waals surface area contributed by atoms with E-state index in [0.717, 1.165) is 6.42 Å². The molecule has 1 nitrogen and oxygen atoms in total. The summed E-state index contributed by atoms with van der Waals surface area (Å²) in [6, 6.07) is 0. The Bertz CT molecular complexity index is 464.